The number of hydrogen-bond acceptors (Lipinski definition) is 2. The molecule has 2 N–H and O–H groups in total. The lowest BCUT2D eigenvalue weighted by molar-refractivity contribution is 0.437. The molecule has 0 spiro atoms. The van der Waals surface area contributed by atoms with Gasteiger partial charge in [0.05, 0.1) is 0 Å². The summed E-state index contributed by atoms with van der Waals surface area (Å²) in [6, 6.07) is 8.30. The highest BCUT2D eigenvalue weighted by Gasteiger charge is 2.07. The SMILES string of the molecule is NCc1ccc(Oc2ccc(F)cc2F)cc1Br. The van der Waals surface area contributed by atoms with Crippen molar-refractivity contribution in [3.63, 3.8) is 0 Å². The van der Waals surface area contributed by atoms with Gasteiger partial charge in [-0.2, -0.15) is 0 Å². The van der Waals surface area contributed by atoms with Crippen molar-refractivity contribution >= 4 is 15.9 Å². The molecule has 2 nitrogen and oxygen atoms in total. The van der Waals surface area contributed by atoms with Gasteiger partial charge in [-0.3, -0.25) is 0 Å². The lowest BCUT2D eigenvalue weighted by Crippen LogP contribution is -1.97. The van der Waals surface area contributed by atoms with Crippen molar-refractivity contribution in [1.82, 2.24) is 0 Å². The maximum Gasteiger partial charge on any atom is 0.168 e. The van der Waals surface area contributed by atoms with Gasteiger partial charge in [0.2, 0.25) is 0 Å². The van der Waals surface area contributed by atoms with Gasteiger partial charge in [-0.05, 0) is 29.8 Å². The van der Waals surface area contributed by atoms with Crippen LogP contribution in [0.3, 0.4) is 0 Å². The zero-order valence-corrected chi connectivity index (χ0v) is 10.9. The molecule has 0 heterocycles. The normalized spacial score (nSPS) is 10.4. The van der Waals surface area contributed by atoms with Crippen LogP contribution in [-0.2, 0) is 6.54 Å². The standard InChI is InChI=1S/C13H10BrF2NO/c14-11-6-10(3-1-8(11)7-17)18-13-4-2-9(15)5-12(13)16/h1-6H,7,17H2. The van der Waals surface area contributed by atoms with E-state index in [1.807, 2.05) is 0 Å². The van der Waals surface area contributed by atoms with Crippen LogP contribution in [0, 0.1) is 11.6 Å². The van der Waals surface area contributed by atoms with Crippen molar-refractivity contribution in [3.8, 4) is 11.5 Å². The van der Waals surface area contributed by atoms with E-state index < -0.39 is 11.6 Å². The van der Waals surface area contributed by atoms with Gasteiger partial charge in [-0.15, -0.1) is 0 Å². The fraction of sp³-hybridized carbons (Fsp3) is 0.0769. The predicted octanol–water partition coefficient (Wildman–Crippen LogP) is 3.98. The Kier molecular flexibility index (Phi) is 3.93. The number of rotatable bonds is 3. The second kappa shape index (κ2) is 5.46. The Morgan fingerprint density at radius 1 is 1.11 bits per heavy atom. The summed E-state index contributed by atoms with van der Waals surface area (Å²) < 4.78 is 32.2. The number of halogens is 3. The van der Waals surface area contributed by atoms with Gasteiger partial charge in [-0.1, -0.05) is 22.0 Å². The molecule has 0 amide bonds. The van der Waals surface area contributed by atoms with Crippen LogP contribution in [0.15, 0.2) is 40.9 Å². The third-order valence-corrected chi connectivity index (χ3v) is 3.10. The molecule has 0 saturated heterocycles. The molecule has 0 atom stereocenters. The monoisotopic (exact) mass is 313 g/mol. The van der Waals surface area contributed by atoms with E-state index >= 15 is 0 Å². The largest absolute Gasteiger partial charge is 0.454 e. The van der Waals surface area contributed by atoms with Crippen LogP contribution < -0.4 is 10.5 Å². The van der Waals surface area contributed by atoms with Crippen LogP contribution in [0.2, 0.25) is 0 Å². The summed E-state index contributed by atoms with van der Waals surface area (Å²) in [6.45, 7) is 0.395. The molecular weight excluding hydrogens is 304 g/mol. The smallest absolute Gasteiger partial charge is 0.168 e. The molecule has 0 aromatic heterocycles. The number of ether oxygens (including phenoxy) is 1. The Balaban J connectivity index is 2.26. The first kappa shape index (κ1) is 13.0. The summed E-state index contributed by atoms with van der Waals surface area (Å²) in [7, 11) is 0. The zero-order valence-electron chi connectivity index (χ0n) is 9.29. The first-order chi connectivity index (χ1) is 8.60. The molecule has 94 valence electrons. The number of nitrogens with two attached hydrogens (primary N) is 1. The molecule has 0 saturated carbocycles. The van der Waals surface area contributed by atoms with E-state index in [-0.39, 0.29) is 5.75 Å². The van der Waals surface area contributed by atoms with E-state index in [0.717, 1.165) is 22.2 Å². The summed E-state index contributed by atoms with van der Waals surface area (Å²) in [4.78, 5) is 0. The van der Waals surface area contributed by atoms with Gasteiger partial charge < -0.3 is 10.5 Å². The molecule has 0 unspecified atom stereocenters. The van der Waals surface area contributed by atoms with Crippen LogP contribution >= 0.6 is 15.9 Å². The molecule has 5 heteroatoms. The predicted molar refractivity (Wildman–Crippen MR) is 68.5 cm³/mol. The second-order valence-corrected chi connectivity index (χ2v) is 4.49. The Morgan fingerprint density at radius 2 is 1.89 bits per heavy atom. The molecule has 0 bridgehead atoms. The van der Waals surface area contributed by atoms with Gasteiger partial charge in [0.1, 0.15) is 11.6 Å². The molecule has 0 aliphatic rings. The van der Waals surface area contributed by atoms with Crippen molar-refractivity contribution in [2.75, 3.05) is 0 Å². The van der Waals surface area contributed by atoms with Gasteiger partial charge in [0.15, 0.2) is 11.6 Å². The van der Waals surface area contributed by atoms with Crippen LogP contribution in [0.4, 0.5) is 8.78 Å². The first-order valence-electron chi connectivity index (χ1n) is 5.21. The minimum atomic E-state index is -0.742. The molecule has 0 aliphatic heterocycles. The van der Waals surface area contributed by atoms with E-state index in [1.54, 1.807) is 18.2 Å². The van der Waals surface area contributed by atoms with Crippen molar-refractivity contribution < 1.29 is 13.5 Å². The maximum atomic E-state index is 13.4. The van der Waals surface area contributed by atoms with Crippen molar-refractivity contribution in [1.29, 1.82) is 0 Å². The van der Waals surface area contributed by atoms with Gasteiger partial charge >= 0.3 is 0 Å². The number of hydrogen-bond donors (Lipinski definition) is 1. The van der Waals surface area contributed by atoms with Crippen LogP contribution in [0.1, 0.15) is 5.56 Å². The Bertz CT molecular complexity index is 575. The van der Waals surface area contributed by atoms with Crippen molar-refractivity contribution in [2.45, 2.75) is 6.54 Å². The molecule has 0 fully saturated rings. The minimum Gasteiger partial charge on any atom is -0.454 e. The molecule has 2 rings (SSSR count). The van der Waals surface area contributed by atoms with Gasteiger partial charge in [-0.25, -0.2) is 8.78 Å². The second-order valence-electron chi connectivity index (χ2n) is 3.63. The van der Waals surface area contributed by atoms with Crippen LogP contribution in [0.25, 0.3) is 0 Å². The summed E-state index contributed by atoms with van der Waals surface area (Å²) in [5, 5.41) is 0. The summed E-state index contributed by atoms with van der Waals surface area (Å²) in [5.41, 5.74) is 6.44. The molecule has 2 aromatic rings. The summed E-state index contributed by atoms with van der Waals surface area (Å²) in [5.74, 6) is -0.957. The summed E-state index contributed by atoms with van der Waals surface area (Å²) >= 11 is 3.34. The molecule has 2 aromatic carbocycles. The lowest BCUT2D eigenvalue weighted by Gasteiger charge is -2.08. The molecule has 0 aliphatic carbocycles. The molecule has 0 radical (unpaired) electrons. The van der Waals surface area contributed by atoms with Gasteiger partial charge in [0, 0.05) is 17.1 Å². The average molecular weight is 314 g/mol. The van der Waals surface area contributed by atoms with E-state index in [0.29, 0.717) is 12.3 Å². The quantitative estimate of drug-likeness (QED) is 0.930. The highest BCUT2D eigenvalue weighted by atomic mass is 79.9. The van der Waals surface area contributed by atoms with Crippen LogP contribution in [0.5, 0.6) is 11.5 Å². The van der Waals surface area contributed by atoms with Gasteiger partial charge in [0.25, 0.3) is 0 Å². The van der Waals surface area contributed by atoms with E-state index in [4.69, 9.17) is 10.5 Å². The molecule has 18 heavy (non-hydrogen) atoms. The topological polar surface area (TPSA) is 35.2 Å². The highest BCUT2D eigenvalue weighted by molar-refractivity contribution is 9.10. The van der Waals surface area contributed by atoms with Crippen LogP contribution in [-0.4, -0.2) is 0 Å². The number of benzene rings is 2. The third-order valence-electron chi connectivity index (χ3n) is 2.37. The van der Waals surface area contributed by atoms with E-state index in [2.05, 4.69) is 15.9 Å². The van der Waals surface area contributed by atoms with Crippen molar-refractivity contribution in [3.05, 3.63) is 58.1 Å². The van der Waals surface area contributed by atoms with E-state index in [1.165, 1.54) is 6.07 Å². The van der Waals surface area contributed by atoms with Crippen molar-refractivity contribution in [2.24, 2.45) is 5.73 Å². The Morgan fingerprint density at radius 3 is 2.50 bits per heavy atom. The third kappa shape index (κ3) is 2.86. The minimum absolute atomic E-state index is 0.0243. The first-order valence-corrected chi connectivity index (χ1v) is 6.01. The highest BCUT2D eigenvalue weighted by Crippen LogP contribution is 2.28. The Labute approximate surface area is 112 Å². The lowest BCUT2D eigenvalue weighted by atomic mass is 10.2. The fourth-order valence-corrected chi connectivity index (χ4v) is 1.96. The summed E-state index contributed by atoms with van der Waals surface area (Å²) in [6.07, 6.45) is 0. The van der Waals surface area contributed by atoms with E-state index in [9.17, 15) is 8.78 Å². The maximum absolute atomic E-state index is 13.4. The fourth-order valence-electron chi connectivity index (χ4n) is 1.44. The molecular formula is C13H10BrF2NO. The zero-order chi connectivity index (χ0) is 13.1. The average Bonchev–Trinajstić information content (AvgIpc) is 2.33. The Hall–Kier alpha value is -1.46.